The summed E-state index contributed by atoms with van der Waals surface area (Å²) in [6.45, 7) is 2.77. The molecule has 36 heavy (non-hydrogen) atoms. The molecule has 11 nitrogen and oxygen atoms in total. The number of carbonyl (C=O) groups excluding carboxylic acids is 4. The van der Waals surface area contributed by atoms with Gasteiger partial charge in [0, 0.05) is 43.1 Å². The quantitative estimate of drug-likeness (QED) is 0.605. The van der Waals surface area contributed by atoms with Crippen LogP contribution in [0.25, 0.3) is 11.4 Å². The lowest BCUT2D eigenvalue weighted by atomic mass is 9.91. The van der Waals surface area contributed by atoms with Crippen LogP contribution in [-0.4, -0.2) is 81.2 Å². The Labute approximate surface area is 207 Å². The van der Waals surface area contributed by atoms with Crippen LogP contribution in [0, 0.1) is 0 Å². The summed E-state index contributed by atoms with van der Waals surface area (Å²) in [7, 11) is 2.10. The largest absolute Gasteiger partial charge is 0.357 e. The number of imide groups is 2. The normalized spacial score (nSPS) is 23.3. The lowest BCUT2D eigenvalue weighted by molar-refractivity contribution is -0.150. The van der Waals surface area contributed by atoms with Gasteiger partial charge in [0.15, 0.2) is 0 Å². The number of likely N-dealkylation sites (N-methyl/N-ethyl adjacent to an activating group) is 1. The van der Waals surface area contributed by atoms with E-state index in [1.807, 2.05) is 12.1 Å². The maximum atomic E-state index is 13.3. The lowest BCUT2D eigenvalue weighted by Crippen LogP contribution is -2.55. The second-order valence-corrected chi connectivity index (χ2v) is 9.85. The molecule has 1 atom stereocenters. The number of rotatable bonds is 5. The molecule has 1 aromatic heterocycles. The van der Waals surface area contributed by atoms with Crippen LogP contribution >= 0.6 is 0 Å². The van der Waals surface area contributed by atoms with Crippen LogP contribution in [0.5, 0.6) is 0 Å². The average molecular weight is 491 g/mol. The Hall–Kier alpha value is -3.86. The van der Waals surface area contributed by atoms with Crippen molar-refractivity contribution in [2.45, 2.75) is 44.2 Å². The Morgan fingerprint density at radius 1 is 1.11 bits per heavy atom. The van der Waals surface area contributed by atoms with Gasteiger partial charge in [0.2, 0.25) is 23.5 Å². The molecule has 2 saturated heterocycles. The number of benzene rings is 1. The minimum absolute atomic E-state index is 0.0885. The van der Waals surface area contributed by atoms with E-state index in [2.05, 4.69) is 39.5 Å². The first kappa shape index (κ1) is 22.6. The fourth-order valence-electron chi connectivity index (χ4n) is 5.50. The van der Waals surface area contributed by atoms with Crippen molar-refractivity contribution in [3.63, 3.8) is 0 Å². The Morgan fingerprint density at radius 3 is 2.72 bits per heavy atom. The Kier molecular flexibility index (Phi) is 5.44. The van der Waals surface area contributed by atoms with Crippen LogP contribution in [-0.2, 0) is 25.7 Å². The molecule has 11 heteroatoms. The number of piperidine rings is 1. The van der Waals surface area contributed by atoms with E-state index in [4.69, 9.17) is 4.52 Å². The third-order valence-electron chi connectivity index (χ3n) is 7.35. The van der Waals surface area contributed by atoms with Crippen molar-refractivity contribution in [3.8, 4) is 11.4 Å². The molecule has 0 radical (unpaired) electrons. The summed E-state index contributed by atoms with van der Waals surface area (Å²) in [6, 6.07) is 7.16. The van der Waals surface area contributed by atoms with E-state index in [-0.39, 0.29) is 25.1 Å². The van der Waals surface area contributed by atoms with Gasteiger partial charge in [-0.3, -0.25) is 29.4 Å². The number of likely N-dealkylation sites (tertiary alicyclic amines) is 1. The SMILES string of the molecule is CN1CC(c2cccc(-c3noc(CN4CCCC5=C4C(=O)N(C4CCC(=O)NC4=O)C5=O)n3)c2)C1. The zero-order valence-corrected chi connectivity index (χ0v) is 19.9. The number of hydrogen-bond acceptors (Lipinski definition) is 9. The van der Waals surface area contributed by atoms with E-state index in [0.717, 1.165) is 23.6 Å². The number of aromatic nitrogens is 2. The third-order valence-corrected chi connectivity index (χ3v) is 7.35. The van der Waals surface area contributed by atoms with Gasteiger partial charge in [-0.2, -0.15) is 4.98 Å². The van der Waals surface area contributed by atoms with Gasteiger partial charge < -0.3 is 14.3 Å². The highest BCUT2D eigenvalue weighted by atomic mass is 16.5. The van der Waals surface area contributed by atoms with Crippen molar-refractivity contribution < 1.29 is 23.7 Å². The highest BCUT2D eigenvalue weighted by molar-refractivity contribution is 6.21. The molecule has 186 valence electrons. The van der Waals surface area contributed by atoms with Crippen LogP contribution in [0.2, 0.25) is 0 Å². The molecule has 6 rings (SSSR count). The number of carbonyl (C=O) groups is 4. The summed E-state index contributed by atoms with van der Waals surface area (Å²) >= 11 is 0. The predicted molar refractivity (Wildman–Crippen MR) is 125 cm³/mol. The molecule has 1 unspecified atom stereocenters. The molecule has 0 spiro atoms. The average Bonchev–Trinajstić information content (AvgIpc) is 3.41. The minimum Gasteiger partial charge on any atom is -0.357 e. The standard InChI is InChI=1S/C25H26N6O5/c1-29-11-16(12-29)14-4-2-5-15(10-14)22-27-20(36-28-22)13-30-9-3-6-17-21(30)25(35)31(24(17)34)18-7-8-19(32)26-23(18)33/h2,4-5,10,16,18H,3,6-9,11-13H2,1H3,(H,26,32,33). The van der Waals surface area contributed by atoms with Gasteiger partial charge in [0.05, 0.1) is 6.54 Å². The fraction of sp³-hybridized carbons (Fsp3) is 0.440. The molecule has 0 saturated carbocycles. The summed E-state index contributed by atoms with van der Waals surface area (Å²) in [6.07, 6.45) is 1.36. The zero-order chi connectivity index (χ0) is 25.0. The van der Waals surface area contributed by atoms with Gasteiger partial charge >= 0.3 is 0 Å². The van der Waals surface area contributed by atoms with Crippen molar-refractivity contribution in [3.05, 3.63) is 47.0 Å². The molecule has 2 fully saturated rings. The molecular weight excluding hydrogens is 464 g/mol. The number of nitrogens with zero attached hydrogens (tertiary/aromatic N) is 5. The maximum Gasteiger partial charge on any atom is 0.278 e. The number of hydrogen-bond donors (Lipinski definition) is 1. The first-order chi connectivity index (χ1) is 17.4. The van der Waals surface area contributed by atoms with Crippen molar-refractivity contribution >= 4 is 23.6 Å². The van der Waals surface area contributed by atoms with Crippen LogP contribution < -0.4 is 5.32 Å². The van der Waals surface area contributed by atoms with Crippen LogP contribution in [0.1, 0.15) is 43.1 Å². The van der Waals surface area contributed by atoms with Gasteiger partial charge in [-0.1, -0.05) is 23.4 Å². The predicted octanol–water partition coefficient (Wildman–Crippen LogP) is 0.790. The molecule has 4 amide bonds. The van der Waals surface area contributed by atoms with E-state index in [1.54, 1.807) is 4.90 Å². The molecular formula is C25H26N6O5. The van der Waals surface area contributed by atoms with E-state index in [1.165, 1.54) is 5.56 Å². The minimum atomic E-state index is -0.979. The fourth-order valence-corrected chi connectivity index (χ4v) is 5.50. The first-order valence-corrected chi connectivity index (χ1v) is 12.2. The number of nitrogens with one attached hydrogen (secondary N) is 1. The molecule has 0 bridgehead atoms. The van der Waals surface area contributed by atoms with E-state index in [0.29, 0.717) is 42.6 Å². The molecule has 4 aliphatic heterocycles. The summed E-state index contributed by atoms with van der Waals surface area (Å²) < 4.78 is 5.52. The number of amides is 4. The summed E-state index contributed by atoms with van der Waals surface area (Å²) in [4.78, 5) is 59.9. The van der Waals surface area contributed by atoms with E-state index in [9.17, 15) is 19.2 Å². The van der Waals surface area contributed by atoms with Gasteiger partial charge in [-0.05, 0) is 37.9 Å². The summed E-state index contributed by atoms with van der Waals surface area (Å²) in [5, 5.41) is 6.38. The van der Waals surface area contributed by atoms with Crippen LogP contribution in [0.15, 0.2) is 40.1 Å². The molecule has 0 aliphatic carbocycles. The highest BCUT2D eigenvalue weighted by Crippen LogP contribution is 2.35. The van der Waals surface area contributed by atoms with Crippen LogP contribution in [0.4, 0.5) is 0 Å². The van der Waals surface area contributed by atoms with E-state index >= 15 is 0 Å². The van der Waals surface area contributed by atoms with Gasteiger partial charge in [0.25, 0.3) is 11.8 Å². The second-order valence-electron chi connectivity index (χ2n) is 9.85. The van der Waals surface area contributed by atoms with Gasteiger partial charge in [-0.25, -0.2) is 0 Å². The smallest absolute Gasteiger partial charge is 0.278 e. The van der Waals surface area contributed by atoms with Crippen LogP contribution in [0.3, 0.4) is 0 Å². The third kappa shape index (κ3) is 3.79. The van der Waals surface area contributed by atoms with Crippen molar-refractivity contribution in [1.29, 1.82) is 0 Å². The Morgan fingerprint density at radius 2 is 1.94 bits per heavy atom. The molecule has 4 aliphatic rings. The topological polar surface area (TPSA) is 129 Å². The highest BCUT2D eigenvalue weighted by Gasteiger charge is 2.48. The van der Waals surface area contributed by atoms with Crippen molar-refractivity contribution in [2.24, 2.45) is 0 Å². The first-order valence-electron chi connectivity index (χ1n) is 12.2. The van der Waals surface area contributed by atoms with E-state index < -0.39 is 29.7 Å². The molecule has 5 heterocycles. The van der Waals surface area contributed by atoms with Gasteiger partial charge in [0.1, 0.15) is 11.7 Å². The Bertz CT molecular complexity index is 1310. The molecule has 1 aromatic carbocycles. The Balaban J connectivity index is 1.20. The monoisotopic (exact) mass is 490 g/mol. The molecule has 2 aromatic rings. The maximum absolute atomic E-state index is 13.3. The van der Waals surface area contributed by atoms with Crippen molar-refractivity contribution in [1.82, 2.24) is 30.2 Å². The molecule has 1 N–H and O–H groups in total. The second kappa shape index (κ2) is 8.66. The lowest BCUT2D eigenvalue weighted by Gasteiger charge is -2.36. The van der Waals surface area contributed by atoms with Crippen molar-refractivity contribution in [2.75, 3.05) is 26.7 Å². The van der Waals surface area contributed by atoms with Gasteiger partial charge in [-0.15, -0.1) is 0 Å². The summed E-state index contributed by atoms with van der Waals surface area (Å²) in [5.41, 5.74) is 2.79. The zero-order valence-electron chi connectivity index (χ0n) is 19.9. The summed E-state index contributed by atoms with van der Waals surface area (Å²) in [5.74, 6) is -0.666.